The van der Waals surface area contributed by atoms with E-state index in [9.17, 15) is 4.79 Å². The van der Waals surface area contributed by atoms with Crippen molar-refractivity contribution in [1.29, 1.82) is 0 Å². The van der Waals surface area contributed by atoms with Gasteiger partial charge in [-0.2, -0.15) is 0 Å². The van der Waals surface area contributed by atoms with E-state index in [1.807, 2.05) is 0 Å². The Morgan fingerprint density at radius 3 is 2.92 bits per heavy atom. The van der Waals surface area contributed by atoms with Gasteiger partial charge in [-0.3, -0.25) is 0 Å². The van der Waals surface area contributed by atoms with Gasteiger partial charge in [0.2, 0.25) is 0 Å². The molecule has 4 heteroatoms. The maximum absolute atomic E-state index is 11.1. The number of aliphatic hydroxyl groups excluding tert-OH is 1. The Kier molecular flexibility index (Phi) is 3.08. The fourth-order valence-corrected chi connectivity index (χ4v) is 0.893. The lowest BCUT2D eigenvalue weighted by molar-refractivity contribution is 0.0525. The van der Waals surface area contributed by atoms with Gasteiger partial charge in [0.25, 0.3) is 0 Å². The molecule has 0 aliphatic carbocycles. The van der Waals surface area contributed by atoms with Crippen LogP contribution in [0, 0.1) is 0 Å². The highest BCUT2D eigenvalue weighted by atomic mass is 16.5. The third-order valence-corrected chi connectivity index (χ3v) is 1.54. The highest BCUT2D eigenvalue weighted by Gasteiger charge is 2.13. The van der Waals surface area contributed by atoms with Crippen molar-refractivity contribution in [3.05, 3.63) is 23.7 Å². The van der Waals surface area contributed by atoms with Gasteiger partial charge in [0.1, 0.15) is 18.1 Å². The second kappa shape index (κ2) is 4.09. The van der Waals surface area contributed by atoms with E-state index < -0.39 is 12.1 Å². The lowest BCUT2D eigenvalue weighted by Gasteiger charge is -1.96. The van der Waals surface area contributed by atoms with Gasteiger partial charge in [-0.15, -0.1) is 0 Å². The fourth-order valence-electron chi connectivity index (χ4n) is 0.893. The highest BCUT2D eigenvalue weighted by molar-refractivity contribution is 5.89. The number of aliphatic hydroxyl groups is 1. The third-order valence-electron chi connectivity index (χ3n) is 1.54. The van der Waals surface area contributed by atoms with Crippen LogP contribution in [-0.2, 0) is 4.74 Å². The average Bonchev–Trinajstić information content (AvgIpc) is 2.52. The lowest BCUT2D eigenvalue weighted by Crippen LogP contribution is -2.02. The smallest absolute Gasteiger partial charge is 0.341 e. The Labute approximate surface area is 76.1 Å². The molecule has 1 unspecified atom stereocenters. The fraction of sp³-hybridized carbons (Fsp3) is 0.444. The summed E-state index contributed by atoms with van der Waals surface area (Å²) in [5.41, 5.74) is 0.331. The zero-order valence-corrected chi connectivity index (χ0v) is 7.61. The van der Waals surface area contributed by atoms with Crippen LogP contribution in [-0.4, -0.2) is 17.7 Å². The minimum Gasteiger partial charge on any atom is -0.466 e. The van der Waals surface area contributed by atoms with Crippen molar-refractivity contribution in [2.24, 2.45) is 0 Å². The van der Waals surface area contributed by atoms with Crippen LogP contribution >= 0.6 is 0 Å². The van der Waals surface area contributed by atoms with Gasteiger partial charge in [0.15, 0.2) is 0 Å². The summed E-state index contributed by atoms with van der Waals surface area (Å²) in [7, 11) is 0. The number of carbonyl (C=O) groups is 1. The molecule has 0 saturated heterocycles. The molecule has 0 aliphatic heterocycles. The van der Waals surface area contributed by atoms with Crippen molar-refractivity contribution in [3.63, 3.8) is 0 Å². The van der Waals surface area contributed by atoms with E-state index in [-0.39, 0.29) is 0 Å². The SMILES string of the molecule is CCOC(=O)c1coc(C(C)O)c1. The predicted octanol–water partition coefficient (Wildman–Crippen LogP) is 1.51. The molecule has 72 valence electrons. The number of furan rings is 1. The molecule has 0 fully saturated rings. The first-order valence-corrected chi connectivity index (χ1v) is 4.08. The zero-order valence-electron chi connectivity index (χ0n) is 7.61. The number of hydrogen-bond acceptors (Lipinski definition) is 4. The van der Waals surface area contributed by atoms with Crippen molar-refractivity contribution in [3.8, 4) is 0 Å². The number of hydrogen-bond donors (Lipinski definition) is 1. The molecule has 1 aromatic heterocycles. The first-order chi connectivity index (χ1) is 6.15. The van der Waals surface area contributed by atoms with Crippen LogP contribution in [0.4, 0.5) is 0 Å². The van der Waals surface area contributed by atoms with E-state index in [0.717, 1.165) is 0 Å². The Morgan fingerprint density at radius 1 is 1.77 bits per heavy atom. The number of esters is 1. The maximum atomic E-state index is 11.1. The van der Waals surface area contributed by atoms with Crippen LogP contribution in [0.1, 0.15) is 36.1 Å². The van der Waals surface area contributed by atoms with Crippen molar-refractivity contribution >= 4 is 5.97 Å². The standard InChI is InChI=1S/C9H12O4/c1-3-12-9(11)7-4-8(6(2)10)13-5-7/h4-6,10H,3H2,1-2H3. The molecule has 13 heavy (non-hydrogen) atoms. The topological polar surface area (TPSA) is 59.7 Å². The molecule has 0 aliphatic rings. The quantitative estimate of drug-likeness (QED) is 0.723. The Bertz CT molecular complexity index is 288. The number of carbonyl (C=O) groups excluding carboxylic acids is 1. The van der Waals surface area contributed by atoms with Crippen molar-refractivity contribution in [2.75, 3.05) is 6.61 Å². The van der Waals surface area contributed by atoms with E-state index in [0.29, 0.717) is 17.9 Å². The normalized spacial score (nSPS) is 12.5. The average molecular weight is 184 g/mol. The van der Waals surface area contributed by atoms with Crippen LogP contribution in [0.15, 0.2) is 16.7 Å². The van der Waals surface area contributed by atoms with Gasteiger partial charge in [-0.1, -0.05) is 0 Å². The maximum Gasteiger partial charge on any atom is 0.341 e. The molecule has 4 nitrogen and oxygen atoms in total. The lowest BCUT2D eigenvalue weighted by atomic mass is 10.2. The number of ether oxygens (including phenoxy) is 1. The summed E-state index contributed by atoms with van der Waals surface area (Å²) in [5, 5.41) is 9.10. The van der Waals surface area contributed by atoms with E-state index in [1.54, 1.807) is 13.8 Å². The molecule has 0 saturated carbocycles. The second-order valence-electron chi connectivity index (χ2n) is 2.63. The van der Waals surface area contributed by atoms with Crippen LogP contribution in [0.25, 0.3) is 0 Å². The largest absolute Gasteiger partial charge is 0.466 e. The third kappa shape index (κ3) is 2.32. The van der Waals surface area contributed by atoms with Crippen molar-refractivity contribution in [2.45, 2.75) is 20.0 Å². The molecule has 0 bridgehead atoms. The van der Waals surface area contributed by atoms with Gasteiger partial charge < -0.3 is 14.3 Å². The molecule has 1 aromatic rings. The predicted molar refractivity (Wildman–Crippen MR) is 45.3 cm³/mol. The Morgan fingerprint density at radius 2 is 2.46 bits per heavy atom. The van der Waals surface area contributed by atoms with E-state index >= 15 is 0 Å². The van der Waals surface area contributed by atoms with Crippen LogP contribution < -0.4 is 0 Å². The Hall–Kier alpha value is -1.29. The summed E-state index contributed by atoms with van der Waals surface area (Å²) in [6.45, 7) is 3.62. The molecule has 0 radical (unpaired) electrons. The molecule has 1 atom stereocenters. The summed E-state index contributed by atoms with van der Waals surface area (Å²) < 4.78 is 9.68. The minimum absolute atomic E-state index is 0.327. The van der Waals surface area contributed by atoms with Gasteiger partial charge >= 0.3 is 5.97 Å². The summed E-state index contributed by atoms with van der Waals surface area (Å²) >= 11 is 0. The molecule has 0 spiro atoms. The van der Waals surface area contributed by atoms with E-state index in [1.165, 1.54) is 12.3 Å². The second-order valence-corrected chi connectivity index (χ2v) is 2.63. The van der Waals surface area contributed by atoms with Crippen LogP contribution in [0.5, 0.6) is 0 Å². The van der Waals surface area contributed by atoms with Crippen LogP contribution in [0.3, 0.4) is 0 Å². The molecule has 0 aromatic carbocycles. The van der Waals surface area contributed by atoms with Crippen molar-refractivity contribution in [1.82, 2.24) is 0 Å². The first kappa shape index (κ1) is 9.80. The zero-order chi connectivity index (χ0) is 9.84. The molecule has 1 heterocycles. The molecular formula is C9H12O4. The number of rotatable bonds is 3. The molecular weight excluding hydrogens is 172 g/mol. The molecule has 1 N–H and O–H groups in total. The first-order valence-electron chi connectivity index (χ1n) is 4.08. The highest BCUT2D eigenvalue weighted by Crippen LogP contribution is 2.16. The minimum atomic E-state index is -0.705. The monoisotopic (exact) mass is 184 g/mol. The van der Waals surface area contributed by atoms with E-state index in [2.05, 4.69) is 0 Å². The van der Waals surface area contributed by atoms with Crippen molar-refractivity contribution < 1.29 is 19.1 Å². The van der Waals surface area contributed by atoms with Gasteiger partial charge in [-0.25, -0.2) is 4.79 Å². The van der Waals surface area contributed by atoms with Crippen LogP contribution in [0.2, 0.25) is 0 Å². The molecule has 1 rings (SSSR count). The summed E-state index contributed by atoms with van der Waals surface area (Å²) in [6, 6.07) is 1.47. The summed E-state index contributed by atoms with van der Waals surface area (Å²) in [5.74, 6) is -0.0683. The summed E-state index contributed by atoms with van der Waals surface area (Å²) in [6.07, 6.45) is 0.572. The summed E-state index contributed by atoms with van der Waals surface area (Å²) in [4.78, 5) is 11.1. The van der Waals surface area contributed by atoms with Gasteiger partial charge in [0.05, 0.1) is 12.2 Å². The molecule has 0 amide bonds. The van der Waals surface area contributed by atoms with E-state index in [4.69, 9.17) is 14.3 Å². The Balaban J connectivity index is 2.73. The van der Waals surface area contributed by atoms with Gasteiger partial charge in [0, 0.05) is 0 Å². The van der Waals surface area contributed by atoms with Gasteiger partial charge in [-0.05, 0) is 19.9 Å².